The molecule has 0 aliphatic carbocycles. The molecule has 1 unspecified atom stereocenters. The summed E-state index contributed by atoms with van der Waals surface area (Å²) >= 11 is 0. The highest BCUT2D eigenvalue weighted by molar-refractivity contribution is 5.95. The van der Waals surface area contributed by atoms with Gasteiger partial charge in [-0.25, -0.2) is 23.8 Å². The molecule has 0 aliphatic rings. The lowest BCUT2D eigenvalue weighted by atomic mass is 10.0. The molecule has 292 valence electrons. The number of nitrogens with zero attached hydrogens (tertiary/aromatic N) is 1. The average molecular weight is 774 g/mol. The van der Waals surface area contributed by atoms with Crippen LogP contribution in [0.15, 0.2) is 66.9 Å². The molecule has 0 aliphatic heterocycles. The number of imidazole rings is 1. The molecule has 0 saturated heterocycles. The summed E-state index contributed by atoms with van der Waals surface area (Å²) in [5.74, 6) is -5.58. The summed E-state index contributed by atoms with van der Waals surface area (Å²) in [6.07, 6.45) is -8.71. The van der Waals surface area contributed by atoms with Gasteiger partial charge in [-0.15, -0.1) is 0 Å². The minimum Gasteiger partial charge on any atom is -0.494 e. The van der Waals surface area contributed by atoms with Crippen LogP contribution in [0.3, 0.4) is 0 Å². The van der Waals surface area contributed by atoms with Gasteiger partial charge in [0, 0.05) is 34.6 Å². The number of halogens is 7. The molecule has 1 aromatic heterocycles. The van der Waals surface area contributed by atoms with E-state index in [0.717, 1.165) is 5.56 Å². The van der Waals surface area contributed by atoms with E-state index in [1.807, 2.05) is 20.8 Å². The Kier molecular flexibility index (Phi) is 15.4. The first-order valence-corrected chi connectivity index (χ1v) is 15.3. The molecule has 20 heteroatoms. The molecule has 0 saturated carbocycles. The first kappa shape index (κ1) is 43.8. The second-order valence-corrected chi connectivity index (χ2v) is 10.8. The summed E-state index contributed by atoms with van der Waals surface area (Å²) in [5.41, 5.74) is 8.87. The zero-order chi connectivity index (χ0) is 41.0. The van der Waals surface area contributed by atoms with Gasteiger partial charge in [-0.05, 0) is 63.2 Å². The van der Waals surface area contributed by atoms with Crippen LogP contribution < -0.4 is 20.5 Å². The number of amidine groups is 1. The maximum atomic E-state index is 16.0. The summed E-state index contributed by atoms with van der Waals surface area (Å²) in [4.78, 5) is 37.5. The lowest BCUT2D eigenvalue weighted by molar-refractivity contribution is -0.193. The van der Waals surface area contributed by atoms with Crippen molar-refractivity contribution in [1.82, 2.24) is 9.97 Å². The quantitative estimate of drug-likeness (QED) is 0.0398. The molecule has 0 bridgehead atoms. The zero-order valence-corrected chi connectivity index (χ0v) is 28.7. The van der Waals surface area contributed by atoms with Crippen molar-refractivity contribution in [2.24, 2.45) is 5.73 Å². The molecular formula is C34H34F7N5O8. The molecular weight excluding hydrogens is 739 g/mol. The number of H-pyrrole nitrogens is 1. The fraction of sp³-hybridized carbons (Fsp3) is 0.265. The summed E-state index contributed by atoms with van der Waals surface area (Å²) in [7, 11) is 1.33. The largest absolute Gasteiger partial charge is 0.494 e. The fourth-order valence-electron chi connectivity index (χ4n) is 4.13. The van der Waals surface area contributed by atoms with E-state index in [1.165, 1.54) is 13.2 Å². The molecule has 13 nitrogen and oxygen atoms in total. The summed E-state index contributed by atoms with van der Waals surface area (Å²) in [6, 6.07) is 16.2. The summed E-state index contributed by atoms with van der Waals surface area (Å²) < 4.78 is 95.8. The number of aliphatic carboxylic acids is 2. The van der Waals surface area contributed by atoms with Gasteiger partial charge in [0.05, 0.1) is 31.1 Å². The molecule has 0 amide bonds. The molecule has 3 aromatic carbocycles. The Morgan fingerprint density at radius 1 is 0.926 bits per heavy atom. The lowest BCUT2D eigenvalue weighted by Crippen LogP contribution is -2.21. The van der Waals surface area contributed by atoms with Crippen LogP contribution in [0.5, 0.6) is 11.5 Å². The Hall–Kier alpha value is -6.34. The number of nitrogen functional groups attached to an aromatic ring is 1. The van der Waals surface area contributed by atoms with Crippen LogP contribution in [0.2, 0.25) is 0 Å². The molecule has 1 heterocycles. The predicted molar refractivity (Wildman–Crippen MR) is 179 cm³/mol. The van der Waals surface area contributed by atoms with Gasteiger partial charge in [0.15, 0.2) is 11.6 Å². The van der Waals surface area contributed by atoms with E-state index < -0.39 is 42.1 Å². The summed E-state index contributed by atoms with van der Waals surface area (Å²) in [6.45, 7) is 5.89. The van der Waals surface area contributed by atoms with Gasteiger partial charge in [0.1, 0.15) is 23.5 Å². The first-order valence-electron chi connectivity index (χ1n) is 15.3. The van der Waals surface area contributed by atoms with Crippen molar-refractivity contribution >= 4 is 29.4 Å². The van der Waals surface area contributed by atoms with Crippen molar-refractivity contribution in [3.8, 4) is 22.8 Å². The van der Waals surface area contributed by atoms with Crippen molar-refractivity contribution in [1.29, 1.82) is 5.41 Å². The van der Waals surface area contributed by atoms with Crippen LogP contribution in [0, 0.1) is 11.2 Å². The maximum absolute atomic E-state index is 16.0. The molecule has 54 heavy (non-hydrogen) atoms. The van der Waals surface area contributed by atoms with Crippen molar-refractivity contribution < 1.29 is 69.5 Å². The van der Waals surface area contributed by atoms with Gasteiger partial charge in [-0.3, -0.25) is 5.41 Å². The van der Waals surface area contributed by atoms with Crippen LogP contribution in [0.25, 0.3) is 11.3 Å². The van der Waals surface area contributed by atoms with E-state index in [9.17, 15) is 31.1 Å². The lowest BCUT2D eigenvalue weighted by Gasteiger charge is -2.22. The van der Waals surface area contributed by atoms with Crippen LogP contribution in [-0.4, -0.2) is 76.1 Å². The number of anilines is 1. The Morgan fingerprint density at radius 2 is 1.44 bits per heavy atom. The number of rotatable bonds is 11. The molecule has 1 atom stereocenters. The van der Waals surface area contributed by atoms with Gasteiger partial charge in [0.2, 0.25) is 0 Å². The highest BCUT2D eigenvalue weighted by Crippen LogP contribution is 2.36. The van der Waals surface area contributed by atoms with Crippen molar-refractivity contribution in [3.63, 3.8) is 0 Å². The highest BCUT2D eigenvalue weighted by Gasteiger charge is 2.39. The third-order valence-corrected chi connectivity index (χ3v) is 6.49. The van der Waals surface area contributed by atoms with Crippen LogP contribution in [-0.2, 0) is 14.3 Å². The third-order valence-electron chi connectivity index (χ3n) is 6.49. The number of hydrogen-bond donors (Lipinski definition) is 6. The topological polar surface area (TPSA) is 210 Å². The van der Waals surface area contributed by atoms with Crippen molar-refractivity contribution in [2.45, 2.75) is 45.3 Å². The van der Waals surface area contributed by atoms with Gasteiger partial charge in [0.25, 0.3) is 0 Å². The Balaban J connectivity index is 0.000000610. The van der Waals surface area contributed by atoms with Crippen LogP contribution in [0.4, 0.5) is 36.4 Å². The smallest absolute Gasteiger partial charge is 0.490 e. The normalized spacial score (nSPS) is 11.6. The summed E-state index contributed by atoms with van der Waals surface area (Å²) in [5, 5.41) is 25.3. The number of carboxylic acid groups (broad SMARTS) is 2. The highest BCUT2D eigenvalue weighted by atomic mass is 19.4. The number of nitrogens with one attached hydrogen (secondary N) is 3. The van der Waals surface area contributed by atoms with Crippen LogP contribution >= 0.6 is 0 Å². The minimum atomic E-state index is -5.08. The average Bonchev–Trinajstić information content (AvgIpc) is 3.58. The number of methoxy groups -OCH3 is 1. The van der Waals surface area contributed by atoms with E-state index in [0.29, 0.717) is 40.7 Å². The predicted octanol–water partition coefficient (Wildman–Crippen LogP) is 6.94. The Labute approximate surface area is 302 Å². The maximum Gasteiger partial charge on any atom is 0.490 e. The van der Waals surface area contributed by atoms with Gasteiger partial charge in [-0.1, -0.05) is 12.1 Å². The van der Waals surface area contributed by atoms with E-state index >= 15 is 4.39 Å². The number of alkyl halides is 6. The number of benzene rings is 3. The number of esters is 1. The van der Waals surface area contributed by atoms with E-state index in [2.05, 4.69) is 10.3 Å². The molecule has 0 spiro atoms. The standard InChI is InChI=1S/C30H32FN5O4.2C2HF3O2/c1-5-39-22-14-23(26(31)25(15-22)40-17(2)3)27(35-21-12-10-19(11-13-21)28(32)33)29-34-16-24(36-29)18-6-8-20(9-7-18)30(37)38-4;2*3-2(4,5)1(6)7/h6-17,27,35H,5H2,1-4H3,(H3,32,33)(H,34,36);2*(H,6,7). The number of carboxylic acids is 2. The number of carbonyl (C=O) groups is 3. The SMILES string of the molecule is CCOc1cc(OC(C)C)c(F)c(C(Nc2ccc(C(=N)N)cc2)c2nc(-c3ccc(C(=O)OC)cc3)c[nH]2)c1.O=C(O)C(F)(F)F.O=C(O)C(F)(F)F. The van der Waals surface area contributed by atoms with Crippen LogP contribution in [0.1, 0.15) is 54.1 Å². The second kappa shape index (κ2) is 18.9. The van der Waals surface area contributed by atoms with E-state index in [1.54, 1.807) is 60.8 Å². The van der Waals surface area contributed by atoms with Gasteiger partial charge < -0.3 is 40.5 Å². The second-order valence-electron chi connectivity index (χ2n) is 10.8. The molecule has 4 rings (SSSR count). The Morgan fingerprint density at radius 3 is 1.89 bits per heavy atom. The molecule has 0 radical (unpaired) electrons. The minimum absolute atomic E-state index is 0.0528. The van der Waals surface area contributed by atoms with E-state index in [-0.39, 0.29) is 23.3 Å². The molecule has 4 aromatic rings. The molecule has 0 fully saturated rings. The number of hydrogen-bond acceptors (Lipinski definition) is 9. The number of ether oxygens (including phenoxy) is 3. The third kappa shape index (κ3) is 13.0. The number of aromatic amines is 1. The van der Waals surface area contributed by atoms with E-state index in [4.69, 9.17) is 50.1 Å². The van der Waals surface area contributed by atoms with Gasteiger partial charge >= 0.3 is 30.3 Å². The monoisotopic (exact) mass is 773 g/mol. The van der Waals surface area contributed by atoms with Crippen molar-refractivity contribution in [2.75, 3.05) is 19.0 Å². The van der Waals surface area contributed by atoms with Gasteiger partial charge in [-0.2, -0.15) is 26.3 Å². The molecule has 7 N–H and O–H groups in total. The number of carbonyl (C=O) groups excluding carboxylic acids is 1. The van der Waals surface area contributed by atoms with Crippen molar-refractivity contribution in [3.05, 3.63) is 95.2 Å². The fourth-order valence-corrected chi connectivity index (χ4v) is 4.13. The number of nitrogens with two attached hydrogens (primary N) is 1. The number of aromatic nitrogens is 2. The first-order chi connectivity index (χ1) is 25.1. The Bertz CT molecular complexity index is 1870. The zero-order valence-electron chi connectivity index (χ0n) is 28.7.